The molecule has 132 valence electrons. The summed E-state index contributed by atoms with van der Waals surface area (Å²) in [6.45, 7) is 2.34. The van der Waals surface area contributed by atoms with E-state index in [2.05, 4.69) is 6.92 Å². The smallest absolute Gasteiger partial charge is 0.341 e. The second-order valence-electron chi connectivity index (χ2n) is 5.82. The average Bonchev–Trinajstić information content (AvgIpc) is 3.00. The van der Waals surface area contributed by atoms with Crippen LogP contribution in [0.5, 0.6) is 5.75 Å². The summed E-state index contributed by atoms with van der Waals surface area (Å²) in [6.07, 6.45) is 7.82. The van der Waals surface area contributed by atoms with E-state index in [9.17, 15) is 4.79 Å². The number of pyridine rings is 1. The molecule has 0 saturated heterocycles. The van der Waals surface area contributed by atoms with E-state index >= 15 is 0 Å². The van der Waals surface area contributed by atoms with Gasteiger partial charge in [-0.2, -0.15) is 5.26 Å². The number of rotatable bonds is 7. The average molecular weight is 348 g/mol. The third kappa shape index (κ3) is 3.55. The summed E-state index contributed by atoms with van der Waals surface area (Å²) < 4.78 is 12.7. The van der Waals surface area contributed by atoms with E-state index < -0.39 is 0 Å². The first-order valence-corrected chi connectivity index (χ1v) is 8.61. The van der Waals surface area contributed by atoms with Crippen LogP contribution >= 0.6 is 0 Å². The zero-order valence-electron chi connectivity index (χ0n) is 14.6. The second-order valence-corrected chi connectivity index (χ2v) is 5.82. The van der Waals surface area contributed by atoms with Crippen molar-refractivity contribution in [3.05, 3.63) is 60.3 Å². The van der Waals surface area contributed by atoms with Crippen LogP contribution in [0.15, 0.2) is 54.7 Å². The van der Waals surface area contributed by atoms with Crippen molar-refractivity contribution < 1.29 is 14.3 Å². The maximum absolute atomic E-state index is 12.7. The van der Waals surface area contributed by atoms with E-state index in [0.29, 0.717) is 11.3 Å². The fourth-order valence-electron chi connectivity index (χ4n) is 2.89. The Morgan fingerprint density at radius 3 is 2.92 bits per heavy atom. The van der Waals surface area contributed by atoms with E-state index in [-0.39, 0.29) is 19.2 Å². The number of hydrogen-bond donors (Lipinski definition) is 0. The molecule has 5 nitrogen and oxygen atoms in total. The number of benzene rings is 1. The fraction of sp³-hybridized carbons (Fsp3) is 0.238. The lowest BCUT2D eigenvalue weighted by atomic mass is 10.1. The minimum absolute atomic E-state index is 0.0200. The van der Waals surface area contributed by atoms with Gasteiger partial charge in [0.25, 0.3) is 0 Å². The zero-order valence-corrected chi connectivity index (χ0v) is 14.6. The van der Waals surface area contributed by atoms with Gasteiger partial charge in [0, 0.05) is 17.6 Å². The van der Waals surface area contributed by atoms with Crippen molar-refractivity contribution in [2.24, 2.45) is 0 Å². The molecule has 2 heterocycles. The summed E-state index contributed by atoms with van der Waals surface area (Å²) >= 11 is 0. The SMILES string of the molecule is CCCC=CCOC(=O)c1c2ccc(OCC#N)cc2n2ccccc12. The summed E-state index contributed by atoms with van der Waals surface area (Å²) in [5.74, 6) is 0.236. The lowest BCUT2D eigenvalue weighted by Gasteiger charge is -2.03. The Kier molecular flexibility index (Phi) is 5.55. The first-order valence-electron chi connectivity index (χ1n) is 8.61. The molecule has 0 unspecified atom stereocenters. The van der Waals surface area contributed by atoms with Crippen molar-refractivity contribution in [2.75, 3.05) is 13.2 Å². The lowest BCUT2D eigenvalue weighted by molar-refractivity contribution is 0.0554. The normalized spacial score (nSPS) is 11.1. The molecular formula is C21H20N2O3. The summed E-state index contributed by atoms with van der Waals surface area (Å²) in [5, 5.41) is 9.47. The van der Waals surface area contributed by atoms with Crippen LogP contribution in [-0.2, 0) is 4.74 Å². The van der Waals surface area contributed by atoms with Crippen molar-refractivity contribution >= 4 is 22.4 Å². The quantitative estimate of drug-likeness (QED) is 0.465. The highest BCUT2D eigenvalue weighted by molar-refractivity contribution is 6.11. The number of ether oxygens (including phenoxy) is 2. The van der Waals surface area contributed by atoms with Crippen molar-refractivity contribution in [3.8, 4) is 11.8 Å². The minimum Gasteiger partial charge on any atom is -0.479 e. The summed E-state index contributed by atoms with van der Waals surface area (Å²) in [5.41, 5.74) is 2.16. The lowest BCUT2D eigenvalue weighted by Crippen LogP contribution is -2.05. The van der Waals surface area contributed by atoms with Crippen LogP contribution in [0, 0.1) is 11.3 Å². The minimum atomic E-state index is -0.351. The Bertz CT molecular complexity index is 996. The number of unbranched alkanes of at least 4 members (excludes halogenated alkanes) is 1. The predicted octanol–water partition coefficient (Wildman–Crippen LogP) is 4.51. The van der Waals surface area contributed by atoms with Crippen LogP contribution in [-0.4, -0.2) is 23.6 Å². The fourth-order valence-corrected chi connectivity index (χ4v) is 2.89. The molecule has 3 rings (SSSR count). The molecule has 26 heavy (non-hydrogen) atoms. The first kappa shape index (κ1) is 17.6. The number of fused-ring (bicyclic) bond motifs is 3. The highest BCUT2D eigenvalue weighted by Crippen LogP contribution is 2.30. The van der Waals surface area contributed by atoms with Gasteiger partial charge in [0.15, 0.2) is 6.61 Å². The summed E-state index contributed by atoms with van der Waals surface area (Å²) in [6, 6.07) is 13.1. The molecule has 0 radical (unpaired) electrons. The molecule has 0 amide bonds. The van der Waals surface area contributed by atoms with E-state index in [4.69, 9.17) is 14.7 Å². The van der Waals surface area contributed by atoms with Gasteiger partial charge in [0.1, 0.15) is 18.4 Å². The molecule has 0 aliphatic rings. The number of nitrogens with zero attached hydrogens (tertiary/aromatic N) is 2. The monoisotopic (exact) mass is 348 g/mol. The predicted molar refractivity (Wildman–Crippen MR) is 100 cm³/mol. The molecule has 0 saturated carbocycles. The number of carbonyl (C=O) groups excluding carboxylic acids is 1. The van der Waals surface area contributed by atoms with Gasteiger partial charge in [-0.05, 0) is 30.7 Å². The van der Waals surface area contributed by atoms with Crippen LogP contribution in [0.25, 0.3) is 16.4 Å². The molecule has 0 fully saturated rings. The largest absolute Gasteiger partial charge is 0.479 e. The van der Waals surface area contributed by atoms with Gasteiger partial charge < -0.3 is 13.9 Å². The number of esters is 1. The van der Waals surface area contributed by atoms with Gasteiger partial charge in [-0.15, -0.1) is 0 Å². The molecule has 3 aromatic rings. The number of nitriles is 1. The van der Waals surface area contributed by atoms with Gasteiger partial charge >= 0.3 is 5.97 Å². The topological polar surface area (TPSA) is 63.7 Å². The Morgan fingerprint density at radius 1 is 1.23 bits per heavy atom. The Labute approximate surface area is 152 Å². The molecule has 0 atom stereocenters. The standard InChI is InChI=1S/C21H20N2O3/c1-2-3-4-7-13-26-21(24)20-17-10-9-16(25-14-11-22)15-19(17)23-12-6-5-8-18(20)23/h4-10,12,15H,2-3,13-14H2,1H3. The number of aromatic nitrogens is 1. The van der Waals surface area contributed by atoms with Crippen LogP contribution in [0.3, 0.4) is 0 Å². The van der Waals surface area contributed by atoms with Gasteiger partial charge in [-0.3, -0.25) is 0 Å². The maximum atomic E-state index is 12.7. The summed E-state index contributed by atoms with van der Waals surface area (Å²) in [7, 11) is 0. The number of carbonyl (C=O) groups is 1. The van der Waals surface area contributed by atoms with E-state index in [1.165, 1.54) is 0 Å². The molecule has 0 spiro atoms. The van der Waals surface area contributed by atoms with Crippen molar-refractivity contribution in [2.45, 2.75) is 19.8 Å². The molecule has 0 aliphatic carbocycles. The number of hydrogen-bond acceptors (Lipinski definition) is 4. The second kappa shape index (κ2) is 8.21. The van der Waals surface area contributed by atoms with Gasteiger partial charge in [0.2, 0.25) is 0 Å². The highest BCUT2D eigenvalue weighted by Gasteiger charge is 2.19. The van der Waals surface area contributed by atoms with Crippen LogP contribution in [0.1, 0.15) is 30.1 Å². The zero-order chi connectivity index (χ0) is 18.4. The van der Waals surface area contributed by atoms with Crippen molar-refractivity contribution in [3.63, 3.8) is 0 Å². The third-order valence-electron chi connectivity index (χ3n) is 4.05. The molecule has 5 heteroatoms. The van der Waals surface area contributed by atoms with Gasteiger partial charge in [0.05, 0.1) is 16.6 Å². The van der Waals surface area contributed by atoms with Gasteiger partial charge in [-0.25, -0.2) is 4.79 Å². The molecule has 0 N–H and O–H groups in total. The molecular weight excluding hydrogens is 328 g/mol. The maximum Gasteiger partial charge on any atom is 0.341 e. The summed E-state index contributed by atoms with van der Waals surface area (Å²) in [4.78, 5) is 12.7. The Hall–Kier alpha value is -3.26. The van der Waals surface area contributed by atoms with Crippen LogP contribution in [0.2, 0.25) is 0 Å². The molecule has 0 aliphatic heterocycles. The van der Waals surface area contributed by atoms with Crippen molar-refractivity contribution in [1.29, 1.82) is 5.26 Å². The van der Waals surface area contributed by atoms with Gasteiger partial charge in [-0.1, -0.05) is 31.6 Å². The van der Waals surface area contributed by atoms with E-state index in [0.717, 1.165) is 29.3 Å². The molecule has 2 aromatic heterocycles. The molecule has 1 aromatic carbocycles. The van der Waals surface area contributed by atoms with Crippen molar-refractivity contribution in [1.82, 2.24) is 4.40 Å². The van der Waals surface area contributed by atoms with Crippen LogP contribution in [0.4, 0.5) is 0 Å². The van der Waals surface area contributed by atoms with Crippen LogP contribution < -0.4 is 4.74 Å². The third-order valence-corrected chi connectivity index (χ3v) is 4.05. The van der Waals surface area contributed by atoms with E-state index in [1.807, 2.05) is 59.2 Å². The highest BCUT2D eigenvalue weighted by atomic mass is 16.5. The molecule has 0 bridgehead atoms. The van der Waals surface area contributed by atoms with E-state index in [1.54, 1.807) is 6.07 Å². The number of allylic oxidation sites excluding steroid dienone is 1. The first-order chi connectivity index (χ1) is 12.8. The Balaban J connectivity index is 1.98. The Morgan fingerprint density at radius 2 is 2.12 bits per heavy atom.